The van der Waals surface area contributed by atoms with E-state index in [1.54, 1.807) is 24.4 Å². The normalized spacial score (nSPS) is 11.5. The highest BCUT2D eigenvalue weighted by molar-refractivity contribution is 5.34. The summed E-state index contributed by atoms with van der Waals surface area (Å²) in [5.41, 5.74) is 2.01. The van der Waals surface area contributed by atoms with Crippen molar-refractivity contribution in [3.63, 3.8) is 0 Å². The average Bonchev–Trinajstić information content (AvgIpc) is 2.41. The van der Waals surface area contributed by atoms with Crippen LogP contribution in [0.1, 0.15) is 31.9 Å². The van der Waals surface area contributed by atoms with Gasteiger partial charge in [0.1, 0.15) is 0 Å². The van der Waals surface area contributed by atoms with Gasteiger partial charge in [0.2, 0.25) is 5.88 Å². The smallest absolute Gasteiger partial charge is 0.222 e. The molecule has 0 spiro atoms. The van der Waals surface area contributed by atoms with Gasteiger partial charge in [0.25, 0.3) is 0 Å². The number of hydrogen-bond acceptors (Lipinski definition) is 3. The standard InChI is InChI=1S/C17H21FN2O/c1-12-9-13(11-20-17(2,3)4)10-19-16(12)21-15-8-6-5-7-14(15)18/h5-10,20H,11H2,1-4H3. The first-order valence-electron chi connectivity index (χ1n) is 6.98. The third-order valence-corrected chi connectivity index (χ3v) is 2.95. The minimum atomic E-state index is -0.392. The van der Waals surface area contributed by atoms with E-state index in [1.165, 1.54) is 6.07 Å². The summed E-state index contributed by atoms with van der Waals surface area (Å²) in [7, 11) is 0. The summed E-state index contributed by atoms with van der Waals surface area (Å²) in [6, 6.07) is 8.32. The first kappa shape index (κ1) is 15.4. The SMILES string of the molecule is Cc1cc(CNC(C)(C)C)cnc1Oc1ccccc1F. The molecule has 3 nitrogen and oxygen atoms in total. The van der Waals surface area contributed by atoms with Crippen molar-refractivity contribution in [2.75, 3.05) is 0 Å². The third kappa shape index (κ3) is 4.53. The van der Waals surface area contributed by atoms with Gasteiger partial charge in [-0.15, -0.1) is 0 Å². The molecule has 0 amide bonds. The Morgan fingerprint density at radius 2 is 1.95 bits per heavy atom. The van der Waals surface area contributed by atoms with Crippen molar-refractivity contribution < 1.29 is 9.13 Å². The Balaban J connectivity index is 2.11. The summed E-state index contributed by atoms with van der Waals surface area (Å²) in [5, 5.41) is 3.40. The number of rotatable bonds is 4. The molecule has 0 bridgehead atoms. The minimum absolute atomic E-state index is 0.0518. The molecule has 112 valence electrons. The van der Waals surface area contributed by atoms with Crippen molar-refractivity contribution >= 4 is 0 Å². The van der Waals surface area contributed by atoms with Crippen molar-refractivity contribution in [2.45, 2.75) is 39.8 Å². The van der Waals surface area contributed by atoms with Crippen LogP contribution in [0, 0.1) is 12.7 Å². The van der Waals surface area contributed by atoms with Crippen LogP contribution in [0.4, 0.5) is 4.39 Å². The lowest BCUT2D eigenvalue weighted by molar-refractivity contribution is 0.417. The molecule has 0 fully saturated rings. The van der Waals surface area contributed by atoms with Crippen LogP contribution in [0.15, 0.2) is 36.5 Å². The highest BCUT2D eigenvalue weighted by Crippen LogP contribution is 2.25. The number of benzene rings is 1. The maximum atomic E-state index is 13.6. The van der Waals surface area contributed by atoms with Gasteiger partial charge in [0.15, 0.2) is 11.6 Å². The summed E-state index contributed by atoms with van der Waals surface area (Å²) in [6.07, 6.45) is 1.75. The van der Waals surface area contributed by atoms with Crippen molar-refractivity contribution in [1.82, 2.24) is 10.3 Å². The molecular weight excluding hydrogens is 267 g/mol. The summed E-state index contributed by atoms with van der Waals surface area (Å²) in [5.74, 6) is 0.227. The molecule has 0 aliphatic heterocycles. The zero-order valence-electron chi connectivity index (χ0n) is 12.9. The van der Waals surface area contributed by atoms with Gasteiger partial charge in [-0.05, 0) is 51.5 Å². The number of aromatic nitrogens is 1. The van der Waals surface area contributed by atoms with E-state index in [2.05, 4.69) is 31.1 Å². The van der Waals surface area contributed by atoms with Crippen LogP contribution in [-0.2, 0) is 6.54 Å². The fourth-order valence-corrected chi connectivity index (χ4v) is 1.82. The second kappa shape index (κ2) is 6.22. The van der Waals surface area contributed by atoms with Crippen LogP contribution >= 0.6 is 0 Å². The maximum Gasteiger partial charge on any atom is 0.222 e. The van der Waals surface area contributed by atoms with Gasteiger partial charge in [-0.2, -0.15) is 0 Å². The van der Waals surface area contributed by atoms with E-state index in [9.17, 15) is 4.39 Å². The lowest BCUT2D eigenvalue weighted by Gasteiger charge is -2.20. The van der Waals surface area contributed by atoms with Gasteiger partial charge in [-0.25, -0.2) is 9.37 Å². The fourth-order valence-electron chi connectivity index (χ4n) is 1.82. The molecule has 0 aliphatic carbocycles. The topological polar surface area (TPSA) is 34.2 Å². The molecular formula is C17H21FN2O. The summed E-state index contributed by atoms with van der Waals surface area (Å²) in [6.45, 7) is 8.98. The first-order valence-corrected chi connectivity index (χ1v) is 6.98. The molecule has 2 rings (SSSR count). The van der Waals surface area contributed by atoms with Crippen LogP contribution < -0.4 is 10.1 Å². The Bertz CT molecular complexity index is 620. The van der Waals surface area contributed by atoms with Gasteiger partial charge in [-0.3, -0.25) is 0 Å². The van der Waals surface area contributed by atoms with Gasteiger partial charge in [0.05, 0.1) is 0 Å². The summed E-state index contributed by atoms with van der Waals surface area (Å²) in [4.78, 5) is 4.29. The highest BCUT2D eigenvalue weighted by atomic mass is 19.1. The number of para-hydroxylation sites is 1. The first-order chi connectivity index (χ1) is 9.85. The molecule has 0 saturated carbocycles. The number of pyridine rings is 1. The summed E-state index contributed by atoms with van der Waals surface area (Å²) >= 11 is 0. The Morgan fingerprint density at radius 3 is 2.57 bits per heavy atom. The zero-order valence-corrected chi connectivity index (χ0v) is 12.9. The zero-order chi connectivity index (χ0) is 15.5. The Hall–Kier alpha value is -1.94. The fraction of sp³-hybridized carbons (Fsp3) is 0.353. The molecule has 0 radical (unpaired) electrons. The van der Waals surface area contributed by atoms with E-state index in [0.29, 0.717) is 5.88 Å². The number of aryl methyl sites for hydroxylation is 1. The van der Waals surface area contributed by atoms with E-state index in [1.807, 2.05) is 13.0 Å². The van der Waals surface area contributed by atoms with E-state index in [0.717, 1.165) is 17.7 Å². The monoisotopic (exact) mass is 288 g/mol. The highest BCUT2D eigenvalue weighted by Gasteiger charge is 2.11. The second-order valence-corrected chi connectivity index (χ2v) is 6.10. The minimum Gasteiger partial charge on any atom is -0.436 e. The van der Waals surface area contributed by atoms with Crippen molar-refractivity contribution in [2.24, 2.45) is 0 Å². The van der Waals surface area contributed by atoms with E-state index < -0.39 is 5.82 Å². The lowest BCUT2D eigenvalue weighted by atomic mass is 10.1. The molecule has 21 heavy (non-hydrogen) atoms. The van der Waals surface area contributed by atoms with E-state index in [4.69, 9.17) is 4.74 Å². The molecule has 0 aliphatic rings. The largest absolute Gasteiger partial charge is 0.436 e. The van der Waals surface area contributed by atoms with E-state index >= 15 is 0 Å². The number of nitrogens with one attached hydrogen (secondary N) is 1. The van der Waals surface area contributed by atoms with Gasteiger partial charge in [0, 0.05) is 23.8 Å². The van der Waals surface area contributed by atoms with Crippen LogP contribution in [0.25, 0.3) is 0 Å². The van der Waals surface area contributed by atoms with Crippen LogP contribution in [0.2, 0.25) is 0 Å². The number of nitrogens with zero attached hydrogens (tertiary/aromatic N) is 1. The number of halogens is 1. The second-order valence-electron chi connectivity index (χ2n) is 6.10. The lowest BCUT2D eigenvalue weighted by Crippen LogP contribution is -2.35. The van der Waals surface area contributed by atoms with Crippen molar-refractivity contribution in [3.8, 4) is 11.6 Å². The number of ether oxygens (including phenoxy) is 1. The molecule has 1 aromatic heterocycles. The van der Waals surface area contributed by atoms with Crippen LogP contribution in [-0.4, -0.2) is 10.5 Å². The van der Waals surface area contributed by atoms with Gasteiger partial charge < -0.3 is 10.1 Å². The molecule has 0 unspecified atom stereocenters. The molecule has 0 atom stereocenters. The molecule has 1 heterocycles. The predicted molar refractivity (Wildman–Crippen MR) is 82.0 cm³/mol. The van der Waals surface area contributed by atoms with Gasteiger partial charge in [-0.1, -0.05) is 12.1 Å². The number of hydrogen-bond donors (Lipinski definition) is 1. The maximum absolute atomic E-state index is 13.6. The van der Waals surface area contributed by atoms with Gasteiger partial charge >= 0.3 is 0 Å². The predicted octanol–water partition coefficient (Wildman–Crippen LogP) is 4.21. The molecule has 4 heteroatoms. The third-order valence-electron chi connectivity index (χ3n) is 2.95. The van der Waals surface area contributed by atoms with E-state index in [-0.39, 0.29) is 11.3 Å². The van der Waals surface area contributed by atoms with Crippen LogP contribution in [0.5, 0.6) is 11.6 Å². The van der Waals surface area contributed by atoms with Crippen molar-refractivity contribution in [3.05, 3.63) is 53.5 Å². The molecule has 2 aromatic rings. The molecule has 1 aromatic carbocycles. The Morgan fingerprint density at radius 1 is 1.24 bits per heavy atom. The molecule has 1 N–H and O–H groups in total. The average molecular weight is 288 g/mol. The molecule has 0 saturated heterocycles. The Kier molecular flexibility index (Phi) is 4.58. The summed E-state index contributed by atoms with van der Waals surface area (Å²) < 4.78 is 19.1. The van der Waals surface area contributed by atoms with Crippen molar-refractivity contribution in [1.29, 1.82) is 0 Å². The quantitative estimate of drug-likeness (QED) is 0.915. The van der Waals surface area contributed by atoms with Crippen LogP contribution in [0.3, 0.4) is 0 Å². The Labute approximate surface area is 125 Å².